The number of halogens is 3. The van der Waals surface area contributed by atoms with Crippen molar-refractivity contribution in [2.45, 2.75) is 52.6 Å². The van der Waals surface area contributed by atoms with Crippen molar-refractivity contribution in [3.8, 4) is 0 Å². The highest BCUT2D eigenvalue weighted by Gasteiger charge is 2.37. The van der Waals surface area contributed by atoms with Gasteiger partial charge in [-0.25, -0.2) is 4.79 Å². The zero-order valence-electron chi connectivity index (χ0n) is 12.8. The van der Waals surface area contributed by atoms with Crippen LogP contribution in [-0.2, 0) is 13.1 Å². The van der Waals surface area contributed by atoms with Crippen LogP contribution in [-0.4, -0.2) is 39.7 Å². The summed E-state index contributed by atoms with van der Waals surface area (Å²) in [6.45, 7) is 6.36. The summed E-state index contributed by atoms with van der Waals surface area (Å²) in [5, 5.41) is 17.9. The Kier molecular flexibility index (Phi) is 6.21. The van der Waals surface area contributed by atoms with Crippen LogP contribution < -0.4 is 10.6 Å². The molecule has 22 heavy (non-hydrogen) atoms. The van der Waals surface area contributed by atoms with E-state index >= 15 is 0 Å². The van der Waals surface area contributed by atoms with Crippen LogP contribution >= 0.6 is 0 Å². The highest BCUT2D eigenvalue weighted by Crippen LogP contribution is 2.21. The quantitative estimate of drug-likeness (QED) is 0.745. The molecule has 0 radical (unpaired) electrons. The smallest absolute Gasteiger partial charge is 0.384 e. The third-order valence-corrected chi connectivity index (χ3v) is 3.34. The number of aromatic nitrogens is 2. The van der Waals surface area contributed by atoms with Gasteiger partial charge in [-0.1, -0.05) is 0 Å². The fourth-order valence-corrected chi connectivity index (χ4v) is 2.01. The second-order valence-corrected chi connectivity index (χ2v) is 4.92. The number of urea groups is 1. The molecule has 0 bridgehead atoms. The first-order valence-corrected chi connectivity index (χ1v) is 6.96. The largest absolute Gasteiger partial charge is 0.414 e. The summed E-state index contributed by atoms with van der Waals surface area (Å²) in [5.74, 6) is 0. The summed E-state index contributed by atoms with van der Waals surface area (Å²) in [6, 6.07) is -0.586. The van der Waals surface area contributed by atoms with Gasteiger partial charge in [-0.2, -0.15) is 18.3 Å². The van der Waals surface area contributed by atoms with E-state index < -0.39 is 24.7 Å². The molecule has 1 aromatic heterocycles. The Morgan fingerprint density at radius 3 is 2.50 bits per heavy atom. The average Bonchev–Trinajstić information content (AvgIpc) is 2.70. The predicted molar refractivity (Wildman–Crippen MR) is 74.3 cm³/mol. The van der Waals surface area contributed by atoms with Crippen molar-refractivity contribution in [1.29, 1.82) is 0 Å². The monoisotopic (exact) mass is 322 g/mol. The highest BCUT2D eigenvalue weighted by molar-refractivity contribution is 5.73. The Morgan fingerprint density at radius 2 is 2.00 bits per heavy atom. The summed E-state index contributed by atoms with van der Waals surface area (Å²) >= 11 is 0. The van der Waals surface area contributed by atoms with E-state index in [2.05, 4.69) is 15.7 Å². The van der Waals surface area contributed by atoms with Gasteiger partial charge in [0.1, 0.15) is 0 Å². The lowest BCUT2D eigenvalue weighted by atomic mass is 10.2. The second kappa shape index (κ2) is 7.48. The molecule has 9 heteroatoms. The van der Waals surface area contributed by atoms with E-state index in [4.69, 9.17) is 5.11 Å². The number of hydrogen-bond donors (Lipinski definition) is 3. The molecule has 0 saturated carbocycles. The number of amides is 2. The standard InChI is InChI=1S/C13H21F3N4O2/c1-4-20-9(3)10(8(2)19-20)7-18-12(22)17-6-5-11(21)13(14,15)16/h11,21H,4-7H2,1-3H3,(H2,17,18,22)/t11-/m0/s1. The number of carbonyl (C=O) groups is 1. The van der Waals surface area contributed by atoms with Crippen molar-refractivity contribution in [2.75, 3.05) is 6.54 Å². The third-order valence-electron chi connectivity index (χ3n) is 3.34. The SMILES string of the molecule is CCn1nc(C)c(CNC(=O)NCC[C@H](O)C(F)(F)F)c1C. The maximum absolute atomic E-state index is 12.1. The fraction of sp³-hybridized carbons (Fsp3) is 0.692. The molecule has 0 fully saturated rings. The van der Waals surface area contributed by atoms with Crippen molar-refractivity contribution in [2.24, 2.45) is 0 Å². The molecule has 126 valence electrons. The van der Waals surface area contributed by atoms with Gasteiger partial charge in [-0.05, 0) is 27.2 Å². The van der Waals surface area contributed by atoms with Crippen LogP contribution in [0.3, 0.4) is 0 Å². The molecule has 6 nitrogen and oxygen atoms in total. The number of alkyl halides is 3. The Labute approximate surface area is 126 Å². The zero-order valence-corrected chi connectivity index (χ0v) is 12.8. The average molecular weight is 322 g/mol. The fourth-order valence-electron chi connectivity index (χ4n) is 2.01. The van der Waals surface area contributed by atoms with Crippen molar-refractivity contribution in [3.63, 3.8) is 0 Å². The molecule has 0 saturated heterocycles. The predicted octanol–water partition coefficient (Wildman–Crippen LogP) is 1.63. The van der Waals surface area contributed by atoms with E-state index in [9.17, 15) is 18.0 Å². The van der Waals surface area contributed by atoms with Crippen LogP contribution in [0.4, 0.5) is 18.0 Å². The molecule has 1 atom stereocenters. The van der Waals surface area contributed by atoms with Gasteiger partial charge < -0.3 is 15.7 Å². The summed E-state index contributed by atoms with van der Waals surface area (Å²) in [6.07, 6.45) is -7.68. The number of aliphatic hydroxyl groups is 1. The van der Waals surface area contributed by atoms with Crippen molar-refractivity contribution in [1.82, 2.24) is 20.4 Å². The van der Waals surface area contributed by atoms with Crippen molar-refractivity contribution >= 4 is 6.03 Å². The number of nitrogens with zero attached hydrogens (tertiary/aromatic N) is 2. The van der Waals surface area contributed by atoms with Gasteiger partial charge in [0.15, 0.2) is 6.10 Å². The van der Waals surface area contributed by atoms with Gasteiger partial charge in [0.2, 0.25) is 0 Å². The van der Waals surface area contributed by atoms with Crippen molar-refractivity contribution < 1.29 is 23.1 Å². The second-order valence-electron chi connectivity index (χ2n) is 4.92. The Bertz CT molecular complexity index is 514. The lowest BCUT2D eigenvalue weighted by Gasteiger charge is -2.14. The molecule has 0 spiro atoms. The van der Waals surface area contributed by atoms with Gasteiger partial charge in [-0.3, -0.25) is 4.68 Å². The molecule has 0 aliphatic heterocycles. The number of rotatable bonds is 6. The van der Waals surface area contributed by atoms with Gasteiger partial charge in [0, 0.05) is 30.9 Å². The topological polar surface area (TPSA) is 79.2 Å². The molecule has 1 aromatic rings. The highest BCUT2D eigenvalue weighted by atomic mass is 19.4. The number of hydrogen-bond acceptors (Lipinski definition) is 3. The van der Waals surface area contributed by atoms with E-state index in [1.165, 1.54) is 0 Å². The molecule has 1 rings (SSSR count). The normalized spacial score (nSPS) is 13.0. The van der Waals surface area contributed by atoms with Gasteiger partial charge >= 0.3 is 12.2 Å². The maximum Gasteiger partial charge on any atom is 0.414 e. The summed E-state index contributed by atoms with van der Waals surface area (Å²) in [4.78, 5) is 11.5. The Morgan fingerprint density at radius 1 is 1.36 bits per heavy atom. The van der Waals surface area contributed by atoms with Gasteiger partial charge in [0.05, 0.1) is 5.69 Å². The van der Waals surface area contributed by atoms with E-state index in [0.29, 0.717) is 6.54 Å². The lowest BCUT2D eigenvalue weighted by molar-refractivity contribution is -0.204. The minimum absolute atomic E-state index is 0.241. The zero-order chi connectivity index (χ0) is 16.9. The third kappa shape index (κ3) is 4.90. The number of aryl methyl sites for hydroxylation is 2. The van der Waals surface area contributed by atoms with Crippen LogP contribution in [0.15, 0.2) is 0 Å². The summed E-state index contributed by atoms with van der Waals surface area (Å²) < 4.78 is 38.0. The van der Waals surface area contributed by atoms with E-state index in [1.54, 1.807) is 0 Å². The Balaban J connectivity index is 2.40. The first-order chi connectivity index (χ1) is 10.2. The minimum Gasteiger partial charge on any atom is -0.384 e. The molecule has 0 aromatic carbocycles. The molecule has 2 amide bonds. The molecule has 3 N–H and O–H groups in total. The number of aliphatic hydroxyl groups excluding tert-OH is 1. The molecular formula is C13H21F3N4O2. The van der Waals surface area contributed by atoms with E-state index in [0.717, 1.165) is 17.0 Å². The molecule has 0 aliphatic rings. The van der Waals surface area contributed by atoms with Crippen LogP contribution in [0, 0.1) is 13.8 Å². The molecule has 0 unspecified atom stereocenters. The maximum atomic E-state index is 12.1. The van der Waals surface area contributed by atoms with E-state index in [-0.39, 0.29) is 13.1 Å². The first kappa shape index (κ1) is 18.3. The minimum atomic E-state index is -4.67. The van der Waals surface area contributed by atoms with Crippen LogP contribution in [0.2, 0.25) is 0 Å². The van der Waals surface area contributed by atoms with Crippen LogP contribution in [0.25, 0.3) is 0 Å². The molecule has 1 heterocycles. The summed E-state index contributed by atoms with van der Waals surface area (Å²) in [5.41, 5.74) is 2.62. The lowest BCUT2D eigenvalue weighted by Crippen LogP contribution is -2.38. The number of nitrogens with one attached hydrogen (secondary N) is 2. The number of carbonyl (C=O) groups excluding carboxylic acids is 1. The Hall–Kier alpha value is -1.77. The summed E-state index contributed by atoms with van der Waals surface area (Å²) in [7, 11) is 0. The van der Waals surface area contributed by atoms with Crippen molar-refractivity contribution in [3.05, 3.63) is 17.0 Å². The first-order valence-electron chi connectivity index (χ1n) is 6.96. The van der Waals surface area contributed by atoms with Gasteiger partial charge in [-0.15, -0.1) is 0 Å². The van der Waals surface area contributed by atoms with E-state index in [1.807, 2.05) is 25.5 Å². The molecular weight excluding hydrogens is 301 g/mol. The van der Waals surface area contributed by atoms with Crippen LogP contribution in [0.1, 0.15) is 30.3 Å². The van der Waals surface area contributed by atoms with Gasteiger partial charge in [0.25, 0.3) is 0 Å². The van der Waals surface area contributed by atoms with Crippen LogP contribution in [0.5, 0.6) is 0 Å². The molecule has 0 aliphatic carbocycles.